The Morgan fingerprint density at radius 1 is 1.30 bits per heavy atom. The Morgan fingerprint density at radius 2 is 2.10 bits per heavy atom. The lowest BCUT2D eigenvalue weighted by Gasteiger charge is -2.09. The van der Waals surface area contributed by atoms with Crippen LogP contribution in [0.2, 0.25) is 5.02 Å². The molecule has 0 aliphatic rings. The molecule has 0 radical (unpaired) electrons. The van der Waals surface area contributed by atoms with Crippen molar-refractivity contribution < 1.29 is 19.2 Å². The molecule has 158 valence electrons. The number of carbonyl (C=O) groups is 1. The van der Waals surface area contributed by atoms with E-state index in [0.29, 0.717) is 34.6 Å². The molecule has 0 aliphatic carbocycles. The number of rotatable bonds is 9. The van der Waals surface area contributed by atoms with E-state index in [1.807, 2.05) is 10.6 Å². The highest BCUT2D eigenvalue weighted by molar-refractivity contribution is 7.99. The number of hydrogen-bond acceptors (Lipinski definition) is 7. The van der Waals surface area contributed by atoms with E-state index in [9.17, 15) is 14.9 Å². The van der Waals surface area contributed by atoms with Crippen molar-refractivity contribution in [3.8, 4) is 5.75 Å². The van der Waals surface area contributed by atoms with Gasteiger partial charge in [-0.3, -0.25) is 14.9 Å². The largest absolute Gasteiger partial charge is 0.496 e. The number of nitrogens with zero attached hydrogens (tertiary/aromatic N) is 3. The number of fused-ring (bicyclic) bond motifs is 1. The van der Waals surface area contributed by atoms with Gasteiger partial charge in [0, 0.05) is 18.7 Å². The number of hydrogen-bond donors (Lipinski definition) is 1. The number of nitro benzene ring substituents is 1. The second kappa shape index (κ2) is 9.79. The summed E-state index contributed by atoms with van der Waals surface area (Å²) < 4.78 is 12.1. The van der Waals surface area contributed by atoms with Crippen LogP contribution in [-0.4, -0.2) is 47.0 Å². The smallest absolute Gasteiger partial charge is 0.296 e. The number of aromatic nitrogens is 2. The summed E-state index contributed by atoms with van der Waals surface area (Å²) in [6.45, 7) is 1.04. The van der Waals surface area contributed by atoms with E-state index < -0.39 is 10.8 Å². The average molecular weight is 451 g/mol. The SMILES string of the molecule is COCCn1c(SCC(=O)Nc2ccc(OC)cc2[N+](=O)[O-])nc2cc(Cl)ccc21. The van der Waals surface area contributed by atoms with Crippen molar-refractivity contribution in [3.05, 3.63) is 51.5 Å². The number of amides is 1. The van der Waals surface area contributed by atoms with Gasteiger partial charge in [-0.05, 0) is 30.3 Å². The third kappa shape index (κ3) is 5.02. The van der Waals surface area contributed by atoms with Gasteiger partial charge in [0.2, 0.25) is 5.91 Å². The zero-order valence-corrected chi connectivity index (χ0v) is 17.8. The molecule has 11 heteroatoms. The number of thioether (sulfide) groups is 1. The van der Waals surface area contributed by atoms with Crippen molar-refractivity contribution in [3.63, 3.8) is 0 Å². The lowest BCUT2D eigenvalue weighted by Crippen LogP contribution is -2.16. The fourth-order valence-electron chi connectivity index (χ4n) is 2.80. The van der Waals surface area contributed by atoms with E-state index in [4.69, 9.17) is 21.1 Å². The molecule has 0 fully saturated rings. The third-order valence-corrected chi connectivity index (χ3v) is 5.41. The maximum absolute atomic E-state index is 12.4. The van der Waals surface area contributed by atoms with Crippen LogP contribution in [0.1, 0.15) is 0 Å². The maximum atomic E-state index is 12.4. The molecule has 0 unspecified atom stereocenters. The first-order valence-electron chi connectivity index (χ1n) is 8.82. The predicted octanol–water partition coefficient (Wildman–Crippen LogP) is 3.98. The molecular formula is C19H19ClN4O5S. The van der Waals surface area contributed by atoms with E-state index in [2.05, 4.69) is 10.3 Å². The topological polar surface area (TPSA) is 109 Å². The molecule has 0 aliphatic heterocycles. The lowest BCUT2D eigenvalue weighted by atomic mass is 10.2. The monoisotopic (exact) mass is 450 g/mol. The Labute approximate surface area is 181 Å². The Hall–Kier alpha value is -2.82. The minimum absolute atomic E-state index is 0.0211. The number of ether oxygens (including phenoxy) is 2. The summed E-state index contributed by atoms with van der Waals surface area (Å²) in [5, 5.41) is 15.1. The molecule has 0 saturated heterocycles. The molecule has 9 nitrogen and oxygen atoms in total. The number of nitro groups is 1. The number of imidazole rings is 1. The Balaban J connectivity index is 1.76. The van der Waals surface area contributed by atoms with Crippen molar-refractivity contribution in [2.75, 3.05) is 31.9 Å². The molecule has 1 aromatic heterocycles. The molecule has 1 N–H and O–H groups in total. The molecule has 1 heterocycles. The minimum atomic E-state index is -0.570. The quantitative estimate of drug-likeness (QED) is 0.298. The molecule has 3 rings (SSSR count). The fourth-order valence-corrected chi connectivity index (χ4v) is 3.81. The van der Waals surface area contributed by atoms with Gasteiger partial charge in [-0.25, -0.2) is 4.98 Å². The highest BCUT2D eigenvalue weighted by Gasteiger charge is 2.18. The highest BCUT2D eigenvalue weighted by atomic mass is 35.5. The molecule has 0 bridgehead atoms. The zero-order valence-electron chi connectivity index (χ0n) is 16.3. The number of methoxy groups -OCH3 is 2. The van der Waals surface area contributed by atoms with Gasteiger partial charge in [0.1, 0.15) is 11.4 Å². The average Bonchev–Trinajstić information content (AvgIpc) is 3.07. The van der Waals surface area contributed by atoms with Gasteiger partial charge < -0.3 is 19.4 Å². The van der Waals surface area contributed by atoms with Gasteiger partial charge in [-0.2, -0.15) is 0 Å². The number of carbonyl (C=O) groups excluding carboxylic acids is 1. The Kier molecular flexibility index (Phi) is 7.14. The molecule has 2 aromatic carbocycles. The van der Waals surface area contributed by atoms with Gasteiger partial charge in [0.15, 0.2) is 5.16 Å². The molecule has 1 amide bonds. The van der Waals surface area contributed by atoms with Gasteiger partial charge in [-0.1, -0.05) is 23.4 Å². The van der Waals surface area contributed by atoms with E-state index in [1.165, 1.54) is 31.0 Å². The van der Waals surface area contributed by atoms with Gasteiger partial charge >= 0.3 is 0 Å². The molecular weight excluding hydrogens is 432 g/mol. The number of halogens is 1. The van der Waals surface area contributed by atoms with E-state index in [1.54, 1.807) is 25.3 Å². The standard InChI is InChI=1S/C19H19ClN4O5S/c1-28-8-7-23-16-6-3-12(20)9-15(16)22-19(23)30-11-18(25)21-14-5-4-13(29-2)10-17(14)24(26)27/h3-6,9-10H,7-8,11H2,1-2H3,(H,21,25). The van der Waals surface area contributed by atoms with Crippen molar-refractivity contribution in [1.29, 1.82) is 0 Å². The Morgan fingerprint density at radius 3 is 2.80 bits per heavy atom. The van der Waals surface area contributed by atoms with Crippen molar-refractivity contribution in [2.24, 2.45) is 0 Å². The summed E-state index contributed by atoms with van der Waals surface area (Å²) in [6.07, 6.45) is 0. The zero-order chi connectivity index (χ0) is 21.7. The molecule has 0 spiro atoms. The van der Waals surface area contributed by atoms with Gasteiger partial charge in [0.05, 0.1) is 41.5 Å². The maximum Gasteiger partial charge on any atom is 0.296 e. The van der Waals surface area contributed by atoms with Crippen LogP contribution in [-0.2, 0) is 16.1 Å². The first-order valence-corrected chi connectivity index (χ1v) is 10.2. The number of benzene rings is 2. The minimum Gasteiger partial charge on any atom is -0.496 e. The first-order chi connectivity index (χ1) is 14.4. The molecule has 0 atom stereocenters. The van der Waals surface area contributed by atoms with Crippen molar-refractivity contribution in [1.82, 2.24) is 9.55 Å². The van der Waals surface area contributed by atoms with Gasteiger partial charge in [-0.15, -0.1) is 0 Å². The van der Waals surface area contributed by atoms with Crippen molar-refractivity contribution >= 4 is 51.7 Å². The third-order valence-electron chi connectivity index (χ3n) is 4.20. The van der Waals surface area contributed by atoms with Gasteiger partial charge in [0.25, 0.3) is 5.69 Å². The summed E-state index contributed by atoms with van der Waals surface area (Å²) >= 11 is 7.28. The van der Waals surface area contributed by atoms with Crippen LogP contribution in [0.25, 0.3) is 11.0 Å². The summed E-state index contributed by atoms with van der Waals surface area (Å²) in [6, 6.07) is 9.64. The number of anilines is 1. The van der Waals surface area contributed by atoms with Crippen molar-refractivity contribution in [2.45, 2.75) is 11.7 Å². The first kappa shape index (κ1) is 21.9. The number of nitrogens with one attached hydrogen (secondary N) is 1. The summed E-state index contributed by atoms with van der Waals surface area (Å²) in [5.74, 6) is -0.0380. The summed E-state index contributed by atoms with van der Waals surface area (Å²) in [4.78, 5) is 27.7. The summed E-state index contributed by atoms with van der Waals surface area (Å²) in [7, 11) is 3.02. The molecule has 30 heavy (non-hydrogen) atoms. The van der Waals surface area contributed by atoms with E-state index in [-0.39, 0.29) is 17.1 Å². The van der Waals surface area contributed by atoms with Crippen LogP contribution >= 0.6 is 23.4 Å². The molecule has 3 aromatic rings. The van der Waals surface area contributed by atoms with Crippen LogP contribution in [0.15, 0.2) is 41.6 Å². The lowest BCUT2D eigenvalue weighted by molar-refractivity contribution is -0.384. The van der Waals surface area contributed by atoms with Crippen LogP contribution in [0, 0.1) is 10.1 Å². The van der Waals surface area contributed by atoms with Crippen LogP contribution in [0.4, 0.5) is 11.4 Å². The van der Waals surface area contributed by atoms with E-state index in [0.717, 1.165) is 5.52 Å². The van der Waals surface area contributed by atoms with Crippen LogP contribution in [0.5, 0.6) is 5.75 Å². The second-order valence-corrected chi connectivity index (χ2v) is 7.53. The molecule has 0 saturated carbocycles. The second-order valence-electron chi connectivity index (χ2n) is 6.15. The Bertz CT molecular complexity index is 1090. The normalized spacial score (nSPS) is 10.9. The predicted molar refractivity (Wildman–Crippen MR) is 116 cm³/mol. The highest BCUT2D eigenvalue weighted by Crippen LogP contribution is 2.30. The van der Waals surface area contributed by atoms with E-state index >= 15 is 0 Å². The van der Waals surface area contributed by atoms with Crippen LogP contribution in [0.3, 0.4) is 0 Å². The fraction of sp³-hybridized carbons (Fsp3) is 0.263. The van der Waals surface area contributed by atoms with Crippen LogP contribution < -0.4 is 10.1 Å². The summed E-state index contributed by atoms with van der Waals surface area (Å²) in [5.41, 5.74) is 1.46.